The minimum Gasteiger partial charge on any atom is -0.352 e. The lowest BCUT2D eigenvalue weighted by molar-refractivity contribution is -0.116. The van der Waals surface area contributed by atoms with Crippen LogP contribution in [0.1, 0.15) is 40.5 Å². The Kier molecular flexibility index (Phi) is 5.44. The zero-order valence-corrected chi connectivity index (χ0v) is 9.18. The Hall–Kier alpha value is -0.790. The van der Waals surface area contributed by atoms with Gasteiger partial charge in [-0.1, -0.05) is 33.3 Å². The van der Waals surface area contributed by atoms with Crippen LogP contribution < -0.4 is 5.32 Å². The van der Waals surface area contributed by atoms with E-state index in [0.717, 1.165) is 19.4 Å². The molecule has 1 N–H and O–H groups in total. The topological polar surface area (TPSA) is 29.1 Å². The number of hydrogen-bond donors (Lipinski definition) is 1. The summed E-state index contributed by atoms with van der Waals surface area (Å²) in [6, 6.07) is 0. The molecule has 0 aliphatic carbocycles. The highest BCUT2D eigenvalue weighted by molar-refractivity contribution is 5.87. The second kappa shape index (κ2) is 5.79. The van der Waals surface area contributed by atoms with Crippen LogP contribution in [0, 0.1) is 5.41 Å². The van der Waals surface area contributed by atoms with Crippen molar-refractivity contribution in [2.45, 2.75) is 40.5 Å². The maximum Gasteiger partial charge on any atom is 0.243 e. The molecule has 76 valence electrons. The summed E-state index contributed by atoms with van der Waals surface area (Å²) >= 11 is 0. The van der Waals surface area contributed by atoms with Gasteiger partial charge in [0.2, 0.25) is 5.91 Å². The fourth-order valence-electron chi connectivity index (χ4n) is 1.30. The van der Waals surface area contributed by atoms with Crippen LogP contribution in [0.2, 0.25) is 0 Å². The van der Waals surface area contributed by atoms with Gasteiger partial charge in [0.15, 0.2) is 0 Å². The molecule has 0 heterocycles. The summed E-state index contributed by atoms with van der Waals surface area (Å²) in [7, 11) is 0. The van der Waals surface area contributed by atoms with E-state index in [1.54, 1.807) is 12.2 Å². The van der Waals surface area contributed by atoms with Crippen molar-refractivity contribution in [3.63, 3.8) is 0 Å². The number of carbonyl (C=O) groups excluding carboxylic acids is 1. The molecule has 0 aromatic rings. The number of allylic oxidation sites excluding steroid dienone is 1. The lowest BCUT2D eigenvalue weighted by Gasteiger charge is -2.23. The normalized spacial score (nSPS) is 12.0. The Balaban J connectivity index is 3.80. The van der Waals surface area contributed by atoms with E-state index < -0.39 is 0 Å². The Morgan fingerprint density at radius 2 is 2.08 bits per heavy atom. The predicted molar refractivity (Wildman–Crippen MR) is 56.5 cm³/mol. The van der Waals surface area contributed by atoms with Crippen molar-refractivity contribution in [3.8, 4) is 0 Å². The summed E-state index contributed by atoms with van der Waals surface area (Å²) in [5, 5.41) is 2.88. The van der Waals surface area contributed by atoms with Gasteiger partial charge in [-0.2, -0.15) is 0 Å². The molecule has 1 amide bonds. The number of carbonyl (C=O) groups is 1. The summed E-state index contributed by atoms with van der Waals surface area (Å²) < 4.78 is 0. The van der Waals surface area contributed by atoms with E-state index in [0.29, 0.717) is 0 Å². The molecule has 0 saturated heterocycles. The zero-order chi connectivity index (χ0) is 10.3. The summed E-state index contributed by atoms with van der Waals surface area (Å²) in [6.45, 7) is 9.11. The fraction of sp³-hybridized carbons (Fsp3) is 0.727. The molecular formula is C11H21NO. The number of nitrogens with one attached hydrogen (secondary N) is 1. The molecule has 0 unspecified atom stereocenters. The molecule has 0 spiro atoms. The van der Waals surface area contributed by atoms with Crippen LogP contribution in [0.4, 0.5) is 0 Å². The van der Waals surface area contributed by atoms with Crippen LogP contribution in [-0.2, 0) is 4.79 Å². The quantitative estimate of drug-likeness (QED) is 0.652. The van der Waals surface area contributed by atoms with Gasteiger partial charge in [-0.25, -0.2) is 0 Å². The van der Waals surface area contributed by atoms with Gasteiger partial charge in [0.05, 0.1) is 0 Å². The molecule has 0 aliphatic heterocycles. The molecular weight excluding hydrogens is 162 g/mol. The van der Waals surface area contributed by atoms with Crippen molar-refractivity contribution in [2.24, 2.45) is 5.41 Å². The first-order valence-electron chi connectivity index (χ1n) is 4.92. The van der Waals surface area contributed by atoms with Gasteiger partial charge in [-0.15, -0.1) is 0 Å². The van der Waals surface area contributed by atoms with Gasteiger partial charge in [0.1, 0.15) is 0 Å². The molecule has 0 aromatic carbocycles. The Morgan fingerprint density at radius 3 is 2.54 bits per heavy atom. The third-order valence-corrected chi connectivity index (χ3v) is 1.99. The van der Waals surface area contributed by atoms with Crippen LogP contribution in [0.25, 0.3) is 0 Å². The van der Waals surface area contributed by atoms with Crippen LogP contribution in [0.3, 0.4) is 0 Å². The summed E-state index contributed by atoms with van der Waals surface area (Å²) in [5.74, 6) is 0.00618. The van der Waals surface area contributed by atoms with E-state index >= 15 is 0 Å². The number of hydrogen-bond acceptors (Lipinski definition) is 1. The average Bonchev–Trinajstić information content (AvgIpc) is 2.02. The lowest BCUT2D eigenvalue weighted by atomic mass is 9.88. The van der Waals surface area contributed by atoms with Crippen molar-refractivity contribution >= 4 is 5.91 Å². The molecule has 0 bridgehead atoms. The van der Waals surface area contributed by atoms with E-state index in [4.69, 9.17) is 0 Å². The fourth-order valence-corrected chi connectivity index (χ4v) is 1.30. The second-order valence-corrected chi connectivity index (χ2v) is 4.13. The molecule has 0 radical (unpaired) electrons. The van der Waals surface area contributed by atoms with Gasteiger partial charge in [-0.05, 0) is 24.8 Å². The Bertz CT molecular complexity index is 183. The Morgan fingerprint density at radius 1 is 1.46 bits per heavy atom. The van der Waals surface area contributed by atoms with E-state index in [1.165, 1.54) is 0 Å². The summed E-state index contributed by atoms with van der Waals surface area (Å²) in [4.78, 5) is 11.1. The molecule has 0 aromatic heterocycles. The first kappa shape index (κ1) is 12.2. The second-order valence-electron chi connectivity index (χ2n) is 4.13. The Labute approximate surface area is 81.4 Å². The minimum atomic E-state index is 0.00618. The molecule has 2 heteroatoms. The van der Waals surface area contributed by atoms with Crippen molar-refractivity contribution in [1.29, 1.82) is 0 Å². The van der Waals surface area contributed by atoms with Crippen LogP contribution in [0.5, 0.6) is 0 Å². The van der Waals surface area contributed by atoms with Crippen LogP contribution >= 0.6 is 0 Å². The highest BCUT2D eigenvalue weighted by atomic mass is 16.1. The lowest BCUT2D eigenvalue weighted by Crippen LogP contribution is -2.32. The van der Waals surface area contributed by atoms with Gasteiger partial charge in [0, 0.05) is 6.54 Å². The van der Waals surface area contributed by atoms with Crippen molar-refractivity contribution < 1.29 is 4.79 Å². The largest absolute Gasteiger partial charge is 0.352 e. The highest BCUT2D eigenvalue weighted by Crippen LogP contribution is 2.20. The molecule has 2 nitrogen and oxygen atoms in total. The van der Waals surface area contributed by atoms with Crippen molar-refractivity contribution in [3.05, 3.63) is 12.2 Å². The standard InChI is InChI=1S/C11H21NO/c1-5-7-10(13)12-9-11(3,4)8-6-2/h5,7H,6,8-9H2,1-4H3,(H,12,13)/b7-5+. The van der Waals surface area contributed by atoms with Gasteiger partial charge >= 0.3 is 0 Å². The zero-order valence-electron chi connectivity index (χ0n) is 9.18. The van der Waals surface area contributed by atoms with Crippen LogP contribution in [-0.4, -0.2) is 12.5 Å². The summed E-state index contributed by atoms with van der Waals surface area (Å²) in [5.41, 5.74) is 0.214. The first-order chi connectivity index (χ1) is 6.02. The van der Waals surface area contributed by atoms with Crippen molar-refractivity contribution in [2.75, 3.05) is 6.54 Å². The monoisotopic (exact) mass is 183 g/mol. The molecule has 0 fully saturated rings. The first-order valence-corrected chi connectivity index (χ1v) is 4.92. The van der Waals surface area contributed by atoms with Crippen LogP contribution in [0.15, 0.2) is 12.2 Å². The smallest absolute Gasteiger partial charge is 0.243 e. The average molecular weight is 183 g/mol. The predicted octanol–water partition coefficient (Wildman–Crippen LogP) is 2.51. The SMILES string of the molecule is C/C=C/C(=O)NCC(C)(C)CCC. The highest BCUT2D eigenvalue weighted by Gasteiger charge is 2.16. The van der Waals surface area contributed by atoms with E-state index in [1.807, 2.05) is 6.92 Å². The van der Waals surface area contributed by atoms with Crippen molar-refractivity contribution in [1.82, 2.24) is 5.32 Å². The molecule has 0 rings (SSSR count). The van der Waals surface area contributed by atoms with E-state index in [2.05, 4.69) is 26.1 Å². The third-order valence-electron chi connectivity index (χ3n) is 1.99. The number of amides is 1. The van der Waals surface area contributed by atoms with Gasteiger partial charge < -0.3 is 5.32 Å². The maximum absolute atomic E-state index is 11.1. The molecule has 0 aliphatic rings. The molecule has 13 heavy (non-hydrogen) atoms. The maximum atomic E-state index is 11.1. The van der Waals surface area contributed by atoms with Gasteiger partial charge in [0.25, 0.3) is 0 Å². The molecule has 0 saturated carbocycles. The minimum absolute atomic E-state index is 0.00618. The van der Waals surface area contributed by atoms with E-state index in [9.17, 15) is 4.79 Å². The number of rotatable bonds is 5. The summed E-state index contributed by atoms with van der Waals surface area (Å²) in [6.07, 6.45) is 5.61. The third kappa shape index (κ3) is 6.38. The van der Waals surface area contributed by atoms with Gasteiger partial charge in [-0.3, -0.25) is 4.79 Å². The molecule has 0 atom stereocenters. The van der Waals surface area contributed by atoms with E-state index in [-0.39, 0.29) is 11.3 Å².